The third-order valence-corrected chi connectivity index (χ3v) is 7.16. The summed E-state index contributed by atoms with van der Waals surface area (Å²) in [6.45, 7) is 8.20. The molecule has 0 radical (unpaired) electrons. The first-order valence-electron chi connectivity index (χ1n) is 10.9. The molecule has 6 nitrogen and oxygen atoms in total. The summed E-state index contributed by atoms with van der Waals surface area (Å²) in [5.74, 6) is 0.930. The Labute approximate surface area is 182 Å². The third-order valence-electron chi connectivity index (χ3n) is 7.16. The summed E-state index contributed by atoms with van der Waals surface area (Å²) >= 11 is 0. The van der Waals surface area contributed by atoms with Gasteiger partial charge in [0.2, 0.25) is 0 Å². The Hall–Kier alpha value is -2.99. The van der Waals surface area contributed by atoms with Crippen molar-refractivity contribution in [2.24, 2.45) is 0 Å². The molecule has 31 heavy (non-hydrogen) atoms. The molecule has 3 heterocycles. The Morgan fingerprint density at radius 3 is 2.55 bits per heavy atom. The predicted molar refractivity (Wildman–Crippen MR) is 120 cm³/mol. The lowest BCUT2D eigenvalue weighted by molar-refractivity contribution is 0.0563. The number of amides is 1. The van der Waals surface area contributed by atoms with E-state index in [9.17, 15) is 4.79 Å². The third kappa shape index (κ3) is 3.26. The van der Waals surface area contributed by atoms with E-state index in [1.54, 1.807) is 13.3 Å². The van der Waals surface area contributed by atoms with Crippen LogP contribution in [0.2, 0.25) is 0 Å². The highest BCUT2D eigenvalue weighted by Gasteiger charge is 2.47. The van der Waals surface area contributed by atoms with Crippen LogP contribution >= 0.6 is 0 Å². The zero-order valence-electron chi connectivity index (χ0n) is 18.5. The van der Waals surface area contributed by atoms with Crippen molar-refractivity contribution in [1.29, 1.82) is 0 Å². The van der Waals surface area contributed by atoms with Gasteiger partial charge < -0.3 is 9.64 Å². The number of likely N-dealkylation sites (tertiary alicyclic amines) is 2. The van der Waals surface area contributed by atoms with Crippen LogP contribution in [0.3, 0.4) is 0 Å². The summed E-state index contributed by atoms with van der Waals surface area (Å²) in [6.07, 6.45) is 2.63. The minimum atomic E-state index is -0.00507. The van der Waals surface area contributed by atoms with E-state index in [4.69, 9.17) is 4.74 Å². The first-order chi connectivity index (χ1) is 15.0. The molecule has 0 N–H and O–H groups in total. The van der Waals surface area contributed by atoms with Crippen molar-refractivity contribution in [1.82, 2.24) is 19.8 Å². The molecule has 2 aliphatic heterocycles. The Bertz CT molecular complexity index is 1160. The second kappa shape index (κ2) is 7.61. The fourth-order valence-corrected chi connectivity index (χ4v) is 5.30. The van der Waals surface area contributed by atoms with Crippen molar-refractivity contribution in [2.45, 2.75) is 45.3 Å². The van der Waals surface area contributed by atoms with E-state index < -0.39 is 0 Å². The molecular formula is C25H28N4O2. The molecule has 1 amide bonds. The van der Waals surface area contributed by atoms with E-state index in [2.05, 4.69) is 47.8 Å². The minimum Gasteiger partial charge on any atom is -0.496 e. The van der Waals surface area contributed by atoms with Crippen LogP contribution in [0.4, 0.5) is 0 Å². The van der Waals surface area contributed by atoms with Crippen LogP contribution in [-0.4, -0.2) is 58.0 Å². The summed E-state index contributed by atoms with van der Waals surface area (Å²) in [5, 5.41) is 0. The topological polar surface area (TPSA) is 58.6 Å². The Balaban J connectivity index is 1.33. The smallest absolute Gasteiger partial charge is 0.274 e. The molecule has 0 unspecified atom stereocenters. The molecule has 5 rings (SSSR count). The van der Waals surface area contributed by atoms with Gasteiger partial charge >= 0.3 is 0 Å². The van der Waals surface area contributed by atoms with Crippen molar-refractivity contribution in [3.63, 3.8) is 0 Å². The lowest BCUT2D eigenvalue weighted by Crippen LogP contribution is -2.49. The first kappa shape index (κ1) is 19.9. The number of ether oxygens (including phenoxy) is 1. The normalized spacial score (nSPS) is 21.6. The van der Waals surface area contributed by atoms with Crippen LogP contribution < -0.4 is 4.74 Å². The molecule has 3 atom stereocenters. The number of hydrogen-bond acceptors (Lipinski definition) is 5. The number of nitrogens with zero attached hydrogens (tertiary/aromatic N) is 4. The molecule has 3 aromatic rings. The second-order valence-electron chi connectivity index (χ2n) is 8.72. The monoisotopic (exact) mass is 416 g/mol. The number of methoxy groups -OCH3 is 1. The van der Waals surface area contributed by atoms with Crippen molar-refractivity contribution in [3.8, 4) is 5.75 Å². The Morgan fingerprint density at radius 2 is 1.84 bits per heavy atom. The largest absolute Gasteiger partial charge is 0.496 e. The molecule has 1 aromatic heterocycles. The molecular weight excluding hydrogens is 388 g/mol. The molecule has 6 heteroatoms. The number of carbonyl (C=O) groups is 1. The summed E-state index contributed by atoms with van der Waals surface area (Å²) in [7, 11) is 1.72. The molecule has 2 aromatic carbocycles. The van der Waals surface area contributed by atoms with E-state index in [0.717, 1.165) is 36.3 Å². The maximum Gasteiger partial charge on any atom is 0.274 e. The van der Waals surface area contributed by atoms with Gasteiger partial charge in [0.25, 0.3) is 5.91 Å². The highest BCUT2D eigenvalue weighted by atomic mass is 16.5. The van der Waals surface area contributed by atoms with Gasteiger partial charge in [0.15, 0.2) is 0 Å². The number of fused-ring (bicyclic) bond motifs is 3. The molecule has 2 aliphatic rings. The number of para-hydroxylation sites is 2. The van der Waals surface area contributed by atoms with Gasteiger partial charge in [0.1, 0.15) is 11.4 Å². The Morgan fingerprint density at radius 1 is 1.06 bits per heavy atom. The second-order valence-corrected chi connectivity index (χ2v) is 8.72. The molecule has 0 saturated carbocycles. The van der Waals surface area contributed by atoms with Crippen LogP contribution in [0.5, 0.6) is 5.75 Å². The first-order valence-corrected chi connectivity index (χ1v) is 10.9. The van der Waals surface area contributed by atoms with Crippen molar-refractivity contribution < 1.29 is 9.53 Å². The van der Waals surface area contributed by atoms with Crippen LogP contribution in [0.1, 0.15) is 46.6 Å². The zero-order valence-corrected chi connectivity index (χ0v) is 18.5. The van der Waals surface area contributed by atoms with E-state index in [1.165, 1.54) is 16.7 Å². The highest BCUT2D eigenvalue weighted by molar-refractivity contribution is 5.94. The van der Waals surface area contributed by atoms with Gasteiger partial charge in [0, 0.05) is 31.2 Å². The van der Waals surface area contributed by atoms with Crippen molar-refractivity contribution in [2.75, 3.05) is 20.2 Å². The number of hydrogen-bond donors (Lipinski definition) is 0. The van der Waals surface area contributed by atoms with Gasteiger partial charge in [-0.1, -0.05) is 18.2 Å². The number of piperazine rings is 1. The van der Waals surface area contributed by atoms with E-state index in [0.29, 0.717) is 17.8 Å². The summed E-state index contributed by atoms with van der Waals surface area (Å²) < 4.78 is 5.48. The maximum atomic E-state index is 13.2. The maximum absolute atomic E-state index is 13.2. The summed E-state index contributed by atoms with van der Waals surface area (Å²) in [4.78, 5) is 26.7. The average molecular weight is 417 g/mol. The lowest BCUT2D eigenvalue weighted by Gasteiger charge is -2.38. The fraction of sp³-hybridized carbons (Fsp3) is 0.400. The lowest BCUT2D eigenvalue weighted by atomic mass is 9.96. The SMILES string of the molecule is COc1ccc([C@H](C)N2C[C@@H]3C[C@H]2CN3C(=O)c2cnc3ccccc3n2)c(C)c1C. The van der Waals surface area contributed by atoms with Crippen molar-refractivity contribution >= 4 is 16.9 Å². The van der Waals surface area contributed by atoms with Gasteiger partial charge in [-0.25, -0.2) is 4.98 Å². The Kier molecular flexibility index (Phi) is 4.89. The van der Waals surface area contributed by atoms with Gasteiger partial charge in [-0.15, -0.1) is 0 Å². The van der Waals surface area contributed by atoms with Gasteiger partial charge in [0.05, 0.1) is 24.3 Å². The fourth-order valence-electron chi connectivity index (χ4n) is 5.30. The quantitative estimate of drug-likeness (QED) is 0.645. The van der Waals surface area contributed by atoms with E-state index in [1.807, 2.05) is 29.2 Å². The van der Waals surface area contributed by atoms with Gasteiger partial charge in [-0.05, 0) is 62.1 Å². The highest BCUT2D eigenvalue weighted by Crippen LogP contribution is 2.39. The molecule has 2 bridgehead atoms. The summed E-state index contributed by atoms with van der Waals surface area (Å²) in [5.41, 5.74) is 5.83. The molecule has 0 aliphatic carbocycles. The average Bonchev–Trinajstić information content (AvgIpc) is 3.41. The van der Waals surface area contributed by atoms with Crippen molar-refractivity contribution in [3.05, 3.63) is 65.0 Å². The number of benzene rings is 2. The zero-order chi connectivity index (χ0) is 21.7. The van der Waals surface area contributed by atoms with Crippen LogP contribution in [0.25, 0.3) is 11.0 Å². The number of carbonyl (C=O) groups excluding carboxylic acids is 1. The van der Waals surface area contributed by atoms with Crippen LogP contribution in [-0.2, 0) is 0 Å². The molecule has 2 fully saturated rings. The van der Waals surface area contributed by atoms with Crippen LogP contribution in [0.15, 0.2) is 42.6 Å². The van der Waals surface area contributed by atoms with Crippen LogP contribution in [0, 0.1) is 13.8 Å². The molecule has 2 saturated heterocycles. The number of aromatic nitrogens is 2. The minimum absolute atomic E-state index is 0.00507. The molecule has 160 valence electrons. The number of rotatable bonds is 4. The predicted octanol–water partition coefficient (Wildman–Crippen LogP) is 3.92. The van der Waals surface area contributed by atoms with E-state index in [-0.39, 0.29) is 11.9 Å². The van der Waals surface area contributed by atoms with Gasteiger partial charge in [-0.2, -0.15) is 0 Å². The standard InChI is InChI=1S/C25H28N4O2/c1-15-16(2)24(31-4)10-9-20(15)17(3)28-13-19-11-18(28)14-29(19)25(30)23-12-26-21-7-5-6-8-22(21)27-23/h5-10,12,17-19H,11,13-14H2,1-4H3/t17-,18-,19-/m0/s1. The molecule has 0 spiro atoms. The van der Waals surface area contributed by atoms with E-state index >= 15 is 0 Å². The van der Waals surface area contributed by atoms with Gasteiger partial charge in [-0.3, -0.25) is 14.7 Å². The summed E-state index contributed by atoms with van der Waals surface area (Å²) in [6, 6.07) is 12.8.